The Kier molecular flexibility index (Phi) is 7.16. The van der Waals surface area contributed by atoms with Gasteiger partial charge in [-0.2, -0.15) is 0 Å². The predicted molar refractivity (Wildman–Crippen MR) is 121 cm³/mol. The van der Waals surface area contributed by atoms with Crippen molar-refractivity contribution in [2.24, 2.45) is 0 Å². The maximum Gasteiger partial charge on any atom is 0.194 e. The summed E-state index contributed by atoms with van der Waals surface area (Å²) in [7, 11) is 0. The van der Waals surface area contributed by atoms with E-state index in [-0.39, 0.29) is 18.2 Å². The second-order valence-corrected chi connectivity index (χ2v) is 7.62. The third-order valence-corrected chi connectivity index (χ3v) is 6.03. The van der Waals surface area contributed by atoms with Crippen molar-refractivity contribution < 1.29 is 14.3 Å². The highest BCUT2D eigenvalue weighted by Gasteiger charge is 2.28. The molecule has 0 saturated heterocycles. The Hall–Kier alpha value is -2.37. The Balaban J connectivity index is 1.81. The average molecular weight is 411 g/mol. The van der Waals surface area contributed by atoms with Crippen molar-refractivity contribution in [3.63, 3.8) is 0 Å². The van der Waals surface area contributed by atoms with E-state index in [0.717, 1.165) is 48.8 Å². The molecule has 2 aromatic carbocycles. The number of fused-ring (bicyclic) bond motifs is 3. The normalized spacial score (nSPS) is 14.6. The van der Waals surface area contributed by atoms with Crippen LogP contribution in [0, 0.1) is 0 Å². The number of hydrogen-bond donors (Lipinski definition) is 0. The van der Waals surface area contributed by atoms with Crippen LogP contribution in [0.25, 0.3) is 11.1 Å². The zero-order chi connectivity index (χ0) is 21.8. The first-order chi connectivity index (χ1) is 14.4. The zero-order valence-corrected chi connectivity index (χ0v) is 19.1. The molecule has 1 aliphatic rings. The van der Waals surface area contributed by atoms with Gasteiger partial charge in [-0.3, -0.25) is 14.6 Å². The van der Waals surface area contributed by atoms with Crippen LogP contribution in [0.1, 0.15) is 57.5 Å². The molecule has 0 aromatic heterocycles. The number of carbonyl (C=O) groups is 1. The highest BCUT2D eigenvalue weighted by molar-refractivity contribution is 6.22. The molecule has 5 heteroatoms. The number of rotatable bonds is 10. The maximum atomic E-state index is 13.1. The molecule has 0 amide bonds. The molecule has 2 atom stereocenters. The molecule has 3 rings (SSSR count). The van der Waals surface area contributed by atoms with Gasteiger partial charge >= 0.3 is 0 Å². The van der Waals surface area contributed by atoms with Gasteiger partial charge < -0.3 is 9.47 Å². The van der Waals surface area contributed by atoms with Crippen molar-refractivity contribution >= 4 is 5.78 Å². The van der Waals surface area contributed by atoms with E-state index in [1.165, 1.54) is 0 Å². The number of ether oxygens (including phenoxy) is 2. The molecule has 30 heavy (non-hydrogen) atoms. The number of benzene rings is 2. The van der Waals surface area contributed by atoms with Crippen molar-refractivity contribution in [3.8, 4) is 22.6 Å². The van der Waals surface area contributed by atoms with Gasteiger partial charge in [0.1, 0.15) is 24.0 Å². The summed E-state index contributed by atoms with van der Waals surface area (Å²) in [4.78, 5) is 17.6. The molecule has 0 fully saturated rings. The summed E-state index contributed by atoms with van der Waals surface area (Å²) >= 11 is 0. The molecule has 0 aliphatic heterocycles. The molecule has 0 heterocycles. The smallest absolute Gasteiger partial charge is 0.194 e. The lowest BCUT2D eigenvalue weighted by molar-refractivity contribution is 0.0479. The van der Waals surface area contributed by atoms with Crippen molar-refractivity contribution in [2.45, 2.75) is 54.0 Å². The minimum Gasteiger partial charge on any atom is -0.475 e. The summed E-state index contributed by atoms with van der Waals surface area (Å²) < 4.78 is 12.2. The Morgan fingerprint density at radius 2 is 1.03 bits per heavy atom. The van der Waals surface area contributed by atoms with Gasteiger partial charge in [0.25, 0.3) is 0 Å². The molecule has 5 nitrogen and oxygen atoms in total. The van der Waals surface area contributed by atoms with Crippen LogP contribution in [0.3, 0.4) is 0 Å². The van der Waals surface area contributed by atoms with Crippen molar-refractivity contribution in [1.29, 1.82) is 0 Å². The SMILES string of the molecule is CCN(CC)C(C)Oc1ccc2c(c1)C(=O)c1cc(OC(C)N(CC)CC)ccc1-2. The van der Waals surface area contributed by atoms with E-state index < -0.39 is 0 Å². The minimum absolute atomic E-state index is 0.0295. The number of nitrogens with zero attached hydrogens (tertiary/aromatic N) is 2. The van der Waals surface area contributed by atoms with Gasteiger partial charge in [0.05, 0.1) is 0 Å². The highest BCUT2D eigenvalue weighted by Crippen LogP contribution is 2.40. The standard InChI is InChI=1S/C25H34N2O3/c1-7-26(8-2)17(5)29-19-11-13-21-22-14-12-20(30-18(6)27(9-3)10-4)16-24(22)25(28)23(21)15-19/h11-18H,7-10H2,1-6H3. The second-order valence-electron chi connectivity index (χ2n) is 7.62. The Morgan fingerprint density at radius 1 is 0.667 bits per heavy atom. The molecular formula is C25H34N2O3. The van der Waals surface area contributed by atoms with Gasteiger partial charge in [-0.05, 0) is 87.6 Å². The lowest BCUT2D eigenvalue weighted by Crippen LogP contribution is -2.36. The molecule has 0 spiro atoms. The molecule has 0 radical (unpaired) electrons. The first-order valence-electron chi connectivity index (χ1n) is 11.1. The van der Waals surface area contributed by atoms with Gasteiger partial charge in [-0.1, -0.05) is 27.7 Å². The van der Waals surface area contributed by atoms with Crippen LogP contribution < -0.4 is 9.47 Å². The van der Waals surface area contributed by atoms with Crippen LogP contribution in [-0.2, 0) is 0 Å². The van der Waals surface area contributed by atoms with Gasteiger partial charge in [0, 0.05) is 11.1 Å². The summed E-state index contributed by atoms with van der Waals surface area (Å²) in [6.07, 6.45) is -0.0861. The summed E-state index contributed by atoms with van der Waals surface area (Å²) in [5.41, 5.74) is 3.31. The van der Waals surface area contributed by atoms with E-state index in [1.54, 1.807) is 0 Å². The molecule has 0 bridgehead atoms. The van der Waals surface area contributed by atoms with E-state index in [2.05, 4.69) is 37.5 Å². The molecule has 0 saturated carbocycles. The summed E-state index contributed by atoms with van der Waals surface area (Å²) in [5, 5.41) is 0. The Bertz CT molecular complexity index is 816. The zero-order valence-electron chi connectivity index (χ0n) is 19.1. The van der Waals surface area contributed by atoms with E-state index in [4.69, 9.17) is 9.47 Å². The lowest BCUT2D eigenvalue weighted by atomic mass is 10.1. The molecule has 162 valence electrons. The Morgan fingerprint density at radius 3 is 1.37 bits per heavy atom. The molecule has 0 N–H and O–H groups in total. The van der Waals surface area contributed by atoms with Gasteiger partial charge in [-0.15, -0.1) is 0 Å². The van der Waals surface area contributed by atoms with E-state index >= 15 is 0 Å². The van der Waals surface area contributed by atoms with Gasteiger partial charge in [-0.25, -0.2) is 0 Å². The summed E-state index contributed by atoms with van der Waals surface area (Å²) in [6, 6.07) is 11.6. The minimum atomic E-state index is -0.0431. The number of carbonyl (C=O) groups excluding carboxylic acids is 1. The fourth-order valence-corrected chi connectivity index (χ4v) is 4.20. The summed E-state index contributed by atoms with van der Waals surface area (Å²) in [5.74, 6) is 1.48. The number of ketones is 1. The third kappa shape index (κ3) is 4.37. The molecule has 2 unspecified atom stereocenters. The highest BCUT2D eigenvalue weighted by atomic mass is 16.5. The third-order valence-electron chi connectivity index (χ3n) is 6.03. The fourth-order valence-electron chi connectivity index (χ4n) is 4.20. The van der Waals surface area contributed by atoms with Crippen LogP contribution in [0.2, 0.25) is 0 Å². The molecule has 2 aromatic rings. The van der Waals surface area contributed by atoms with E-state index in [0.29, 0.717) is 11.1 Å². The van der Waals surface area contributed by atoms with Crippen molar-refractivity contribution in [3.05, 3.63) is 47.5 Å². The first-order valence-corrected chi connectivity index (χ1v) is 11.1. The van der Waals surface area contributed by atoms with Gasteiger partial charge in [0.15, 0.2) is 5.78 Å². The van der Waals surface area contributed by atoms with E-state index in [1.807, 2.05) is 50.2 Å². The molecular weight excluding hydrogens is 376 g/mol. The average Bonchev–Trinajstić information content (AvgIpc) is 3.01. The Labute approximate surface area is 180 Å². The molecule has 1 aliphatic carbocycles. The van der Waals surface area contributed by atoms with Crippen molar-refractivity contribution in [1.82, 2.24) is 9.80 Å². The van der Waals surface area contributed by atoms with Crippen LogP contribution in [0.15, 0.2) is 36.4 Å². The van der Waals surface area contributed by atoms with Crippen LogP contribution in [0.5, 0.6) is 11.5 Å². The maximum absolute atomic E-state index is 13.1. The predicted octanol–water partition coefficient (Wildman–Crippen LogP) is 5.03. The summed E-state index contributed by atoms with van der Waals surface area (Å²) in [6.45, 7) is 16.2. The first kappa shape index (κ1) is 22.3. The van der Waals surface area contributed by atoms with Crippen molar-refractivity contribution in [2.75, 3.05) is 26.2 Å². The lowest BCUT2D eigenvalue weighted by Gasteiger charge is -2.27. The largest absolute Gasteiger partial charge is 0.475 e. The topological polar surface area (TPSA) is 42.0 Å². The van der Waals surface area contributed by atoms with Crippen LogP contribution in [-0.4, -0.2) is 54.2 Å². The van der Waals surface area contributed by atoms with Crippen LogP contribution in [0.4, 0.5) is 0 Å². The van der Waals surface area contributed by atoms with E-state index in [9.17, 15) is 4.79 Å². The monoisotopic (exact) mass is 410 g/mol. The quantitative estimate of drug-likeness (QED) is 0.439. The van der Waals surface area contributed by atoms with Crippen LogP contribution >= 0.6 is 0 Å². The second kappa shape index (κ2) is 9.63. The fraction of sp³-hybridized carbons (Fsp3) is 0.480. The van der Waals surface area contributed by atoms with Gasteiger partial charge in [0.2, 0.25) is 0 Å². The number of hydrogen-bond acceptors (Lipinski definition) is 5.